The van der Waals surface area contributed by atoms with Crippen LogP contribution in [0.4, 0.5) is 4.79 Å². The molecule has 6 nitrogen and oxygen atoms in total. The van der Waals surface area contributed by atoms with E-state index >= 15 is 0 Å². The molecular formula is C14H16Cl2N2O4. The highest BCUT2D eigenvalue weighted by atomic mass is 35.5. The fourth-order valence-electron chi connectivity index (χ4n) is 2.20. The number of hydrogen-bond donors (Lipinski definition) is 2. The number of hydrogen-bond acceptors (Lipinski definition) is 3. The number of methoxy groups -OCH3 is 1. The summed E-state index contributed by atoms with van der Waals surface area (Å²) in [5.74, 6) is -1.03. The number of amides is 2. The van der Waals surface area contributed by atoms with Gasteiger partial charge in [0, 0.05) is 17.2 Å². The molecule has 0 spiro atoms. The number of halogens is 2. The highest BCUT2D eigenvalue weighted by molar-refractivity contribution is 6.34. The molecule has 1 saturated heterocycles. The van der Waals surface area contributed by atoms with Gasteiger partial charge in [0.1, 0.15) is 0 Å². The van der Waals surface area contributed by atoms with E-state index in [4.69, 9.17) is 33.0 Å². The average Bonchev–Trinajstić information content (AvgIpc) is 2.35. The molecular weight excluding hydrogens is 331 g/mol. The topological polar surface area (TPSA) is 78.9 Å². The van der Waals surface area contributed by atoms with Crippen LogP contribution in [-0.2, 0) is 9.53 Å². The normalized spacial score (nSPS) is 16.0. The minimum Gasteiger partial charge on any atom is -0.481 e. The van der Waals surface area contributed by atoms with E-state index in [0.717, 1.165) is 0 Å². The van der Waals surface area contributed by atoms with Gasteiger partial charge in [0.05, 0.1) is 31.7 Å². The number of rotatable bonds is 5. The van der Waals surface area contributed by atoms with Crippen molar-refractivity contribution in [2.24, 2.45) is 0 Å². The second-order valence-electron chi connectivity index (χ2n) is 5.07. The maximum absolute atomic E-state index is 12.1. The van der Waals surface area contributed by atoms with Crippen LogP contribution in [0.3, 0.4) is 0 Å². The lowest BCUT2D eigenvalue weighted by atomic mass is 10.0. The molecule has 1 aliphatic heterocycles. The van der Waals surface area contributed by atoms with Gasteiger partial charge in [-0.2, -0.15) is 0 Å². The number of benzene rings is 1. The zero-order chi connectivity index (χ0) is 16.3. The monoisotopic (exact) mass is 346 g/mol. The van der Waals surface area contributed by atoms with Crippen molar-refractivity contribution in [3.63, 3.8) is 0 Å². The third-order valence-corrected chi connectivity index (χ3v) is 3.87. The Morgan fingerprint density at radius 1 is 1.36 bits per heavy atom. The summed E-state index contributed by atoms with van der Waals surface area (Å²) in [6, 6.07) is 3.69. The lowest BCUT2D eigenvalue weighted by molar-refractivity contribution is -0.137. The molecule has 1 aromatic rings. The van der Waals surface area contributed by atoms with Gasteiger partial charge in [-0.25, -0.2) is 4.79 Å². The number of carbonyl (C=O) groups excluding carboxylic acids is 1. The number of carboxylic acid groups (broad SMARTS) is 1. The Hall–Kier alpha value is -1.50. The highest BCUT2D eigenvalue weighted by Gasteiger charge is 2.32. The quantitative estimate of drug-likeness (QED) is 0.858. The minimum absolute atomic E-state index is 0.0317. The molecule has 1 aromatic carbocycles. The van der Waals surface area contributed by atoms with E-state index in [-0.39, 0.29) is 18.6 Å². The number of urea groups is 1. The van der Waals surface area contributed by atoms with Crippen molar-refractivity contribution in [2.45, 2.75) is 18.6 Å². The number of carboxylic acids is 1. The van der Waals surface area contributed by atoms with Gasteiger partial charge in [0.25, 0.3) is 0 Å². The second-order valence-corrected chi connectivity index (χ2v) is 5.94. The lowest BCUT2D eigenvalue weighted by Crippen LogP contribution is -2.57. The number of ether oxygens (including phenoxy) is 1. The molecule has 1 aliphatic rings. The van der Waals surface area contributed by atoms with E-state index in [2.05, 4.69) is 5.32 Å². The third-order valence-electron chi connectivity index (χ3n) is 3.43. The zero-order valence-corrected chi connectivity index (χ0v) is 13.4. The van der Waals surface area contributed by atoms with Crippen molar-refractivity contribution in [2.75, 3.05) is 20.2 Å². The number of aliphatic carboxylic acids is 1. The minimum atomic E-state index is -1.03. The van der Waals surface area contributed by atoms with Crippen LogP contribution in [0.1, 0.15) is 18.0 Å². The van der Waals surface area contributed by atoms with Crippen LogP contribution in [0.2, 0.25) is 10.0 Å². The Kier molecular flexibility index (Phi) is 5.50. The molecule has 1 atom stereocenters. The van der Waals surface area contributed by atoms with Gasteiger partial charge in [-0.15, -0.1) is 0 Å². The Morgan fingerprint density at radius 2 is 1.95 bits per heavy atom. The molecule has 8 heteroatoms. The molecule has 22 heavy (non-hydrogen) atoms. The number of nitrogens with zero attached hydrogens (tertiary/aromatic N) is 1. The highest BCUT2D eigenvalue weighted by Crippen LogP contribution is 2.26. The molecule has 2 amide bonds. The van der Waals surface area contributed by atoms with E-state index in [9.17, 15) is 9.59 Å². The number of carbonyl (C=O) groups is 2. The van der Waals surface area contributed by atoms with Crippen LogP contribution in [-0.4, -0.2) is 48.3 Å². The predicted molar refractivity (Wildman–Crippen MR) is 82.4 cm³/mol. The average molecular weight is 347 g/mol. The van der Waals surface area contributed by atoms with Gasteiger partial charge in [0.15, 0.2) is 0 Å². The van der Waals surface area contributed by atoms with Crippen molar-refractivity contribution >= 4 is 35.2 Å². The van der Waals surface area contributed by atoms with Gasteiger partial charge in [-0.1, -0.05) is 23.2 Å². The van der Waals surface area contributed by atoms with Crippen LogP contribution in [0.15, 0.2) is 18.2 Å². The maximum Gasteiger partial charge on any atom is 0.318 e. The molecule has 1 heterocycles. The van der Waals surface area contributed by atoms with Gasteiger partial charge < -0.3 is 20.1 Å². The maximum atomic E-state index is 12.1. The SMILES string of the molecule is COC1CN(C(=O)NC(CC(=O)O)c2cc(Cl)cc(Cl)c2)C1. The van der Waals surface area contributed by atoms with Crippen LogP contribution >= 0.6 is 23.2 Å². The molecule has 2 rings (SSSR count). The summed E-state index contributed by atoms with van der Waals surface area (Å²) in [7, 11) is 1.58. The van der Waals surface area contributed by atoms with E-state index in [1.165, 1.54) is 0 Å². The fraction of sp³-hybridized carbons (Fsp3) is 0.429. The lowest BCUT2D eigenvalue weighted by Gasteiger charge is -2.38. The molecule has 1 fully saturated rings. The van der Waals surface area contributed by atoms with Crippen molar-refractivity contribution < 1.29 is 19.4 Å². The zero-order valence-electron chi connectivity index (χ0n) is 11.9. The summed E-state index contributed by atoms with van der Waals surface area (Å²) in [6.07, 6.45) is -0.228. The first-order valence-electron chi connectivity index (χ1n) is 6.65. The molecule has 120 valence electrons. The van der Waals surface area contributed by atoms with Crippen molar-refractivity contribution in [1.82, 2.24) is 10.2 Å². The summed E-state index contributed by atoms with van der Waals surface area (Å²) in [5, 5.41) is 12.5. The van der Waals surface area contributed by atoms with Crippen molar-refractivity contribution in [3.05, 3.63) is 33.8 Å². The van der Waals surface area contributed by atoms with Crippen LogP contribution < -0.4 is 5.32 Å². The van der Waals surface area contributed by atoms with Crippen molar-refractivity contribution in [1.29, 1.82) is 0 Å². The first-order valence-corrected chi connectivity index (χ1v) is 7.40. The second kappa shape index (κ2) is 7.17. The van der Waals surface area contributed by atoms with Gasteiger partial charge >= 0.3 is 12.0 Å². The third kappa shape index (κ3) is 4.25. The van der Waals surface area contributed by atoms with E-state index in [0.29, 0.717) is 28.7 Å². The molecule has 0 aromatic heterocycles. The van der Waals surface area contributed by atoms with Crippen LogP contribution in [0.25, 0.3) is 0 Å². The summed E-state index contributed by atoms with van der Waals surface area (Å²) in [4.78, 5) is 24.7. The van der Waals surface area contributed by atoms with Gasteiger partial charge in [-0.05, 0) is 23.8 Å². The Labute approximate surface area is 137 Å². The van der Waals surface area contributed by atoms with Crippen LogP contribution in [0.5, 0.6) is 0 Å². The number of likely N-dealkylation sites (tertiary alicyclic amines) is 1. The molecule has 0 saturated carbocycles. The Bertz CT molecular complexity index is 556. The van der Waals surface area contributed by atoms with Crippen LogP contribution in [0, 0.1) is 0 Å². The molecule has 0 bridgehead atoms. The van der Waals surface area contributed by atoms with Crippen molar-refractivity contribution in [3.8, 4) is 0 Å². The smallest absolute Gasteiger partial charge is 0.318 e. The van der Waals surface area contributed by atoms with E-state index < -0.39 is 12.0 Å². The standard InChI is InChI=1S/C14H16Cl2N2O4/c1-22-11-6-18(7-11)14(21)17-12(5-13(19)20)8-2-9(15)4-10(16)3-8/h2-4,11-12H,5-7H2,1H3,(H,17,21)(H,19,20). The van der Waals surface area contributed by atoms with E-state index in [1.54, 1.807) is 30.2 Å². The Balaban J connectivity index is 2.09. The predicted octanol–water partition coefficient (Wildman–Crippen LogP) is 2.55. The summed E-state index contributed by atoms with van der Waals surface area (Å²) in [6.45, 7) is 0.969. The fourth-order valence-corrected chi connectivity index (χ4v) is 2.74. The Morgan fingerprint density at radius 3 is 2.45 bits per heavy atom. The molecule has 0 aliphatic carbocycles. The molecule has 1 unspecified atom stereocenters. The first kappa shape index (κ1) is 16.9. The molecule has 0 radical (unpaired) electrons. The molecule has 2 N–H and O–H groups in total. The number of nitrogens with one attached hydrogen (secondary N) is 1. The summed E-state index contributed by atoms with van der Waals surface area (Å²) < 4.78 is 5.10. The summed E-state index contributed by atoms with van der Waals surface area (Å²) >= 11 is 11.9. The van der Waals surface area contributed by atoms with E-state index in [1.807, 2.05) is 0 Å². The van der Waals surface area contributed by atoms with Gasteiger partial charge in [-0.3, -0.25) is 4.79 Å². The van der Waals surface area contributed by atoms with Gasteiger partial charge in [0.2, 0.25) is 0 Å². The summed E-state index contributed by atoms with van der Waals surface area (Å²) in [5.41, 5.74) is 0.553. The first-order chi connectivity index (χ1) is 10.4. The largest absolute Gasteiger partial charge is 0.481 e.